The van der Waals surface area contributed by atoms with Crippen LogP contribution in [-0.4, -0.2) is 41.2 Å². The van der Waals surface area contributed by atoms with Crippen molar-refractivity contribution in [3.8, 4) is 5.75 Å². The normalized spacial score (nSPS) is 11.5. The van der Waals surface area contributed by atoms with Crippen molar-refractivity contribution in [2.45, 2.75) is 5.25 Å². The lowest BCUT2D eigenvalue weighted by Crippen LogP contribution is -2.28. The Kier molecular flexibility index (Phi) is 8.39. The van der Waals surface area contributed by atoms with Crippen LogP contribution in [0.1, 0.15) is 0 Å². The first-order valence-electron chi connectivity index (χ1n) is 7.43. The zero-order chi connectivity index (χ0) is 18.8. The molecule has 142 valence electrons. The lowest BCUT2D eigenvalue weighted by molar-refractivity contribution is -0.433. The summed E-state index contributed by atoms with van der Waals surface area (Å²) in [6.45, 7) is 0.250. The molecule has 0 saturated heterocycles. The largest absolute Gasteiger partial charge is 0.493 e. The van der Waals surface area contributed by atoms with E-state index in [0.717, 1.165) is 16.5 Å². The molecule has 2 aromatic rings. The molecule has 0 radical (unpaired) electrons. The van der Waals surface area contributed by atoms with E-state index in [1.54, 1.807) is 0 Å². The average molecular weight is 406 g/mol. The van der Waals surface area contributed by atoms with E-state index in [4.69, 9.17) is 9.99 Å². The number of fused-ring (bicyclic) bond motifs is 1. The number of benzene rings is 2. The highest BCUT2D eigenvalue weighted by Crippen LogP contribution is 2.31. The Morgan fingerprint density at radius 3 is 2.58 bits per heavy atom. The van der Waals surface area contributed by atoms with Crippen molar-refractivity contribution in [3.63, 3.8) is 0 Å². The molecular weight excluding hydrogens is 390 g/mol. The van der Waals surface area contributed by atoms with Gasteiger partial charge in [0.2, 0.25) is 0 Å². The Balaban J connectivity index is 1.59. The summed E-state index contributed by atoms with van der Waals surface area (Å²) >= 11 is 0.747. The van der Waals surface area contributed by atoms with E-state index in [1.807, 2.05) is 42.5 Å². The van der Waals surface area contributed by atoms with Gasteiger partial charge in [0.05, 0.1) is 6.61 Å². The van der Waals surface area contributed by atoms with Crippen LogP contribution in [0.5, 0.6) is 5.75 Å². The lowest BCUT2D eigenvalue weighted by Gasteiger charge is -2.12. The standard InChI is InChI=1S/C16H16F2O6S2/c17-16(18,26-24-23-20)15(19)22-8-10-25-9-7-21-14-6-5-12-3-1-2-4-13(12)11-14/h1-6,11,20H,7-10H2. The predicted molar refractivity (Wildman–Crippen MR) is 95.1 cm³/mol. The number of alkyl halides is 2. The van der Waals surface area contributed by atoms with E-state index < -0.39 is 23.3 Å². The van der Waals surface area contributed by atoms with Crippen LogP contribution in [0.15, 0.2) is 42.5 Å². The molecule has 0 heterocycles. The molecule has 0 atom stereocenters. The number of halogens is 2. The zero-order valence-electron chi connectivity index (χ0n) is 13.4. The number of hydrogen-bond donors (Lipinski definition) is 1. The Bertz CT molecular complexity index is 716. The third-order valence-corrected chi connectivity index (χ3v) is 4.50. The Labute approximate surface area is 156 Å². The van der Waals surface area contributed by atoms with Gasteiger partial charge in [0.1, 0.15) is 24.4 Å². The second kappa shape index (κ2) is 10.5. The van der Waals surface area contributed by atoms with E-state index in [2.05, 4.69) is 14.1 Å². The SMILES string of the molecule is O=C(OCCSCCOc1ccc2ccccc2c1)C(F)(F)SOOO. The molecule has 26 heavy (non-hydrogen) atoms. The number of esters is 1. The fourth-order valence-electron chi connectivity index (χ4n) is 1.95. The Hall–Kier alpha value is -1.59. The molecule has 0 aromatic heterocycles. The van der Waals surface area contributed by atoms with Crippen LogP contribution < -0.4 is 4.74 Å². The summed E-state index contributed by atoms with van der Waals surface area (Å²) in [6, 6.07) is 13.7. The monoisotopic (exact) mass is 406 g/mol. The molecule has 10 heteroatoms. The summed E-state index contributed by atoms with van der Waals surface area (Å²) in [7, 11) is 0. The molecular formula is C16H16F2O6S2. The van der Waals surface area contributed by atoms with Gasteiger partial charge < -0.3 is 9.47 Å². The number of carbonyl (C=O) groups is 1. The highest BCUT2D eigenvalue weighted by atomic mass is 32.2. The van der Waals surface area contributed by atoms with Gasteiger partial charge in [-0.15, -0.1) is 4.33 Å². The molecule has 0 unspecified atom stereocenters. The van der Waals surface area contributed by atoms with Crippen LogP contribution in [-0.2, 0) is 18.9 Å². The fraction of sp³-hybridized carbons (Fsp3) is 0.312. The second-order valence-electron chi connectivity index (χ2n) is 4.85. The number of thioether (sulfide) groups is 1. The van der Waals surface area contributed by atoms with Gasteiger partial charge in [0, 0.05) is 11.5 Å². The van der Waals surface area contributed by atoms with Gasteiger partial charge >= 0.3 is 11.2 Å². The van der Waals surface area contributed by atoms with Crippen molar-refractivity contribution < 1.29 is 37.7 Å². The van der Waals surface area contributed by atoms with Gasteiger partial charge in [0.15, 0.2) is 0 Å². The summed E-state index contributed by atoms with van der Waals surface area (Å²) < 4.78 is 39.8. The highest BCUT2D eigenvalue weighted by Gasteiger charge is 2.44. The molecule has 0 saturated carbocycles. The number of ether oxygens (including phenoxy) is 2. The quantitative estimate of drug-likeness (QED) is 0.196. The minimum Gasteiger partial charge on any atom is -0.493 e. The molecule has 0 bridgehead atoms. The third-order valence-electron chi connectivity index (χ3n) is 3.08. The fourth-order valence-corrected chi connectivity index (χ4v) is 2.80. The highest BCUT2D eigenvalue weighted by molar-refractivity contribution is 7.99. The van der Waals surface area contributed by atoms with Gasteiger partial charge in [-0.2, -0.15) is 20.5 Å². The maximum Gasteiger partial charge on any atom is 0.415 e. The van der Waals surface area contributed by atoms with Crippen LogP contribution in [0.25, 0.3) is 10.8 Å². The minimum atomic E-state index is -3.97. The molecule has 0 aliphatic heterocycles. The van der Waals surface area contributed by atoms with Crippen LogP contribution in [0, 0.1) is 0 Å². The van der Waals surface area contributed by atoms with Crippen LogP contribution in [0.3, 0.4) is 0 Å². The van der Waals surface area contributed by atoms with Gasteiger partial charge in [-0.3, -0.25) is 0 Å². The maximum atomic E-state index is 13.1. The first-order chi connectivity index (χ1) is 12.5. The molecule has 0 aliphatic rings. The number of rotatable bonds is 11. The van der Waals surface area contributed by atoms with E-state index >= 15 is 0 Å². The first kappa shape index (κ1) is 20.7. The van der Waals surface area contributed by atoms with Gasteiger partial charge in [-0.1, -0.05) is 35.4 Å². The van der Waals surface area contributed by atoms with Crippen molar-refractivity contribution >= 4 is 40.5 Å². The zero-order valence-corrected chi connectivity index (χ0v) is 15.1. The van der Waals surface area contributed by atoms with Crippen molar-refractivity contribution in [1.29, 1.82) is 0 Å². The van der Waals surface area contributed by atoms with E-state index in [9.17, 15) is 13.6 Å². The Morgan fingerprint density at radius 2 is 1.81 bits per heavy atom. The maximum absolute atomic E-state index is 13.1. The minimum absolute atomic E-state index is 0.185. The molecule has 0 amide bonds. The summed E-state index contributed by atoms with van der Waals surface area (Å²) in [5.74, 6) is -0.0758. The third kappa shape index (κ3) is 6.61. The van der Waals surface area contributed by atoms with Gasteiger partial charge in [-0.05, 0) is 22.9 Å². The summed E-state index contributed by atoms with van der Waals surface area (Å²) in [6.07, 6.45) is 0. The molecule has 0 spiro atoms. The smallest absolute Gasteiger partial charge is 0.415 e. The van der Waals surface area contributed by atoms with Gasteiger partial charge in [-0.25, -0.2) is 10.1 Å². The topological polar surface area (TPSA) is 74.2 Å². The molecule has 1 N–H and O–H groups in total. The Morgan fingerprint density at radius 1 is 1.08 bits per heavy atom. The predicted octanol–water partition coefficient (Wildman–Crippen LogP) is 4.16. The van der Waals surface area contributed by atoms with Crippen molar-refractivity contribution in [3.05, 3.63) is 42.5 Å². The number of hydrogen-bond acceptors (Lipinski definition) is 8. The van der Waals surface area contributed by atoms with Crippen LogP contribution in [0.4, 0.5) is 8.78 Å². The average Bonchev–Trinajstić information content (AvgIpc) is 2.65. The second-order valence-corrected chi connectivity index (χ2v) is 6.89. The van der Waals surface area contributed by atoms with Crippen molar-refractivity contribution in [2.24, 2.45) is 0 Å². The van der Waals surface area contributed by atoms with Crippen LogP contribution in [0.2, 0.25) is 0 Å². The van der Waals surface area contributed by atoms with E-state index in [1.165, 1.54) is 11.8 Å². The van der Waals surface area contributed by atoms with Crippen molar-refractivity contribution in [2.75, 3.05) is 24.7 Å². The molecule has 0 aliphatic carbocycles. The number of carbonyl (C=O) groups excluding carboxylic acids is 1. The first-order valence-corrected chi connectivity index (χ1v) is 9.33. The summed E-state index contributed by atoms with van der Waals surface area (Å²) in [5.41, 5.74) is 0. The van der Waals surface area contributed by atoms with E-state index in [0.29, 0.717) is 18.1 Å². The molecule has 2 rings (SSSR count). The lowest BCUT2D eigenvalue weighted by atomic mass is 10.1. The van der Waals surface area contributed by atoms with E-state index in [-0.39, 0.29) is 6.61 Å². The molecule has 2 aromatic carbocycles. The summed E-state index contributed by atoms with van der Waals surface area (Å²) in [5, 5.41) is 9.06. The van der Waals surface area contributed by atoms with Crippen LogP contribution >= 0.6 is 23.8 Å². The molecule has 6 nitrogen and oxygen atoms in total. The van der Waals surface area contributed by atoms with Gasteiger partial charge in [0.25, 0.3) is 0 Å². The molecule has 0 fully saturated rings. The van der Waals surface area contributed by atoms with Crippen molar-refractivity contribution in [1.82, 2.24) is 0 Å². The summed E-state index contributed by atoms with van der Waals surface area (Å²) in [4.78, 5) is 11.1.